The highest BCUT2D eigenvalue weighted by molar-refractivity contribution is 5.89. The molecule has 112 valence electrons. The van der Waals surface area contributed by atoms with Crippen LogP contribution in [0.3, 0.4) is 0 Å². The number of methoxy groups -OCH3 is 1. The van der Waals surface area contributed by atoms with Crippen LogP contribution in [0.15, 0.2) is 66.4 Å². The Morgan fingerprint density at radius 2 is 1.59 bits per heavy atom. The van der Waals surface area contributed by atoms with E-state index in [0.717, 1.165) is 22.6 Å². The summed E-state index contributed by atoms with van der Waals surface area (Å²) in [6.45, 7) is 0.566. The summed E-state index contributed by atoms with van der Waals surface area (Å²) in [5.41, 5.74) is 3.02. The highest BCUT2D eigenvalue weighted by Crippen LogP contribution is 2.32. The van der Waals surface area contributed by atoms with Gasteiger partial charge in [-0.2, -0.15) is 0 Å². The summed E-state index contributed by atoms with van der Waals surface area (Å²) >= 11 is 0. The van der Waals surface area contributed by atoms with Crippen LogP contribution in [0.25, 0.3) is 5.70 Å². The van der Waals surface area contributed by atoms with Crippen molar-refractivity contribution in [1.29, 1.82) is 0 Å². The van der Waals surface area contributed by atoms with Gasteiger partial charge in [0.15, 0.2) is 0 Å². The molecule has 0 fully saturated rings. The van der Waals surface area contributed by atoms with Gasteiger partial charge in [0.05, 0.1) is 19.4 Å². The molecule has 1 amide bonds. The minimum atomic E-state index is 0.142. The fraction of sp³-hybridized carbons (Fsp3) is 0.211. The lowest BCUT2D eigenvalue weighted by molar-refractivity contribution is -0.129. The molecule has 0 N–H and O–H groups in total. The Hall–Kier alpha value is -2.55. The number of allylic oxidation sites excluding steroid dienone is 1. The second-order valence-corrected chi connectivity index (χ2v) is 5.31. The Kier molecular flexibility index (Phi) is 4.24. The molecule has 0 radical (unpaired) electrons. The van der Waals surface area contributed by atoms with Crippen molar-refractivity contribution < 1.29 is 9.53 Å². The van der Waals surface area contributed by atoms with Crippen LogP contribution in [0, 0.1) is 0 Å². The molecule has 3 heteroatoms. The summed E-state index contributed by atoms with van der Waals surface area (Å²) in [6.07, 6.45) is 1.15. The lowest BCUT2D eigenvalue weighted by atomic mass is 10.0. The van der Waals surface area contributed by atoms with Gasteiger partial charge >= 0.3 is 0 Å². The standard InChI is InChI=1S/C19H19NO2/c1-22-17-12-13-18(21)20(14-15-8-4-2-5-9-15)19(17)16-10-6-3-7-11-16/h2-11H,12-14H2,1H3. The zero-order valence-corrected chi connectivity index (χ0v) is 12.7. The summed E-state index contributed by atoms with van der Waals surface area (Å²) in [5.74, 6) is 1.02. The number of rotatable bonds is 4. The second kappa shape index (κ2) is 6.48. The predicted molar refractivity (Wildman–Crippen MR) is 86.6 cm³/mol. The zero-order chi connectivity index (χ0) is 15.4. The van der Waals surface area contributed by atoms with Gasteiger partial charge in [-0.3, -0.25) is 4.79 Å². The molecule has 0 atom stereocenters. The molecule has 1 heterocycles. The molecular formula is C19H19NO2. The minimum Gasteiger partial charge on any atom is -0.499 e. The number of amides is 1. The van der Waals surface area contributed by atoms with Crippen LogP contribution in [0.4, 0.5) is 0 Å². The Bertz CT molecular complexity index is 677. The van der Waals surface area contributed by atoms with Crippen molar-refractivity contribution in [3.63, 3.8) is 0 Å². The van der Waals surface area contributed by atoms with Gasteiger partial charge in [0.1, 0.15) is 5.76 Å². The van der Waals surface area contributed by atoms with E-state index in [2.05, 4.69) is 0 Å². The van der Waals surface area contributed by atoms with Gasteiger partial charge in [-0.1, -0.05) is 60.7 Å². The van der Waals surface area contributed by atoms with Crippen LogP contribution in [0.5, 0.6) is 0 Å². The third-order valence-electron chi connectivity index (χ3n) is 3.88. The van der Waals surface area contributed by atoms with Crippen LogP contribution in [-0.4, -0.2) is 17.9 Å². The van der Waals surface area contributed by atoms with E-state index < -0.39 is 0 Å². The quantitative estimate of drug-likeness (QED) is 0.857. The first kappa shape index (κ1) is 14.4. The van der Waals surface area contributed by atoms with Crippen molar-refractivity contribution >= 4 is 11.6 Å². The lowest BCUT2D eigenvalue weighted by Gasteiger charge is -2.31. The van der Waals surface area contributed by atoms with E-state index in [9.17, 15) is 4.79 Å². The topological polar surface area (TPSA) is 29.5 Å². The molecule has 22 heavy (non-hydrogen) atoms. The summed E-state index contributed by atoms with van der Waals surface area (Å²) in [4.78, 5) is 14.3. The van der Waals surface area contributed by atoms with Crippen LogP contribution in [-0.2, 0) is 16.1 Å². The Labute approximate surface area is 130 Å². The third-order valence-corrected chi connectivity index (χ3v) is 3.88. The molecule has 2 aromatic rings. The fourth-order valence-electron chi connectivity index (χ4n) is 2.79. The Morgan fingerprint density at radius 3 is 2.23 bits per heavy atom. The molecule has 0 aliphatic carbocycles. The van der Waals surface area contributed by atoms with Crippen molar-refractivity contribution in [2.75, 3.05) is 7.11 Å². The minimum absolute atomic E-state index is 0.142. The summed E-state index contributed by atoms with van der Waals surface area (Å²) in [5, 5.41) is 0. The number of nitrogens with zero attached hydrogens (tertiary/aromatic N) is 1. The first-order valence-corrected chi connectivity index (χ1v) is 7.46. The normalized spacial score (nSPS) is 15.1. The van der Waals surface area contributed by atoms with Crippen LogP contribution < -0.4 is 0 Å². The van der Waals surface area contributed by atoms with Gasteiger partial charge < -0.3 is 9.64 Å². The molecule has 1 aliphatic heterocycles. The van der Waals surface area contributed by atoms with E-state index in [1.54, 1.807) is 7.11 Å². The van der Waals surface area contributed by atoms with E-state index in [1.807, 2.05) is 65.6 Å². The van der Waals surface area contributed by atoms with Crippen molar-refractivity contribution in [2.45, 2.75) is 19.4 Å². The van der Waals surface area contributed by atoms with Crippen LogP contribution >= 0.6 is 0 Å². The maximum Gasteiger partial charge on any atom is 0.227 e. The largest absolute Gasteiger partial charge is 0.499 e. The number of carbonyl (C=O) groups is 1. The maximum absolute atomic E-state index is 12.5. The molecule has 3 rings (SSSR count). The Morgan fingerprint density at radius 1 is 0.955 bits per heavy atom. The number of hydrogen-bond acceptors (Lipinski definition) is 2. The Balaban J connectivity index is 2.02. The second-order valence-electron chi connectivity index (χ2n) is 5.31. The third kappa shape index (κ3) is 2.89. The van der Waals surface area contributed by atoms with Crippen molar-refractivity contribution in [1.82, 2.24) is 4.90 Å². The van der Waals surface area contributed by atoms with Crippen molar-refractivity contribution in [3.05, 3.63) is 77.5 Å². The predicted octanol–water partition coefficient (Wildman–Crippen LogP) is 3.82. The molecule has 2 aromatic carbocycles. The average Bonchev–Trinajstić information content (AvgIpc) is 2.58. The highest BCUT2D eigenvalue weighted by Gasteiger charge is 2.28. The van der Waals surface area contributed by atoms with Crippen molar-refractivity contribution in [2.24, 2.45) is 0 Å². The number of carbonyl (C=O) groups excluding carboxylic acids is 1. The first-order chi connectivity index (χ1) is 10.8. The monoisotopic (exact) mass is 293 g/mol. The summed E-state index contributed by atoms with van der Waals surface area (Å²) in [6, 6.07) is 20.0. The van der Waals surface area contributed by atoms with E-state index in [-0.39, 0.29) is 5.91 Å². The molecule has 3 nitrogen and oxygen atoms in total. The maximum atomic E-state index is 12.5. The van der Waals surface area contributed by atoms with Gasteiger partial charge in [-0.15, -0.1) is 0 Å². The molecule has 0 saturated carbocycles. The van der Waals surface area contributed by atoms with Crippen LogP contribution in [0.1, 0.15) is 24.0 Å². The van der Waals surface area contributed by atoms with Gasteiger partial charge in [0.2, 0.25) is 5.91 Å². The number of benzene rings is 2. The van der Waals surface area contributed by atoms with E-state index >= 15 is 0 Å². The van der Waals surface area contributed by atoms with E-state index in [4.69, 9.17) is 4.74 Å². The van der Waals surface area contributed by atoms with E-state index in [1.165, 1.54) is 0 Å². The van der Waals surface area contributed by atoms with Crippen molar-refractivity contribution in [3.8, 4) is 0 Å². The van der Waals surface area contributed by atoms with Gasteiger partial charge in [-0.05, 0) is 5.56 Å². The highest BCUT2D eigenvalue weighted by atomic mass is 16.5. The molecule has 0 bridgehead atoms. The van der Waals surface area contributed by atoms with Crippen LogP contribution in [0.2, 0.25) is 0 Å². The fourth-order valence-corrected chi connectivity index (χ4v) is 2.79. The number of ether oxygens (including phenoxy) is 1. The lowest BCUT2D eigenvalue weighted by Crippen LogP contribution is -2.33. The molecular weight excluding hydrogens is 274 g/mol. The molecule has 0 spiro atoms. The smallest absolute Gasteiger partial charge is 0.227 e. The van der Waals surface area contributed by atoms with E-state index in [0.29, 0.717) is 19.4 Å². The molecule has 0 unspecified atom stereocenters. The average molecular weight is 293 g/mol. The SMILES string of the molecule is COC1=C(c2ccccc2)N(Cc2ccccc2)C(=O)CC1. The summed E-state index contributed by atoms with van der Waals surface area (Å²) < 4.78 is 5.56. The summed E-state index contributed by atoms with van der Waals surface area (Å²) in [7, 11) is 1.68. The molecule has 0 aromatic heterocycles. The first-order valence-electron chi connectivity index (χ1n) is 7.46. The van der Waals surface area contributed by atoms with Gasteiger partial charge in [0, 0.05) is 18.4 Å². The van der Waals surface area contributed by atoms with Gasteiger partial charge in [-0.25, -0.2) is 0 Å². The molecule has 0 saturated heterocycles. The molecule has 1 aliphatic rings. The van der Waals surface area contributed by atoms with Gasteiger partial charge in [0.25, 0.3) is 0 Å². The number of hydrogen-bond donors (Lipinski definition) is 0. The zero-order valence-electron chi connectivity index (χ0n) is 12.7.